The van der Waals surface area contributed by atoms with Gasteiger partial charge in [0.05, 0.1) is 11.6 Å². The van der Waals surface area contributed by atoms with Crippen LogP contribution in [0, 0.1) is 11.6 Å². The molecule has 0 saturated carbocycles. The molecular weight excluding hydrogens is 424 g/mol. The maximum atomic E-state index is 13.4. The number of nitrogens with zero attached hydrogens (tertiary/aromatic N) is 1. The molecule has 1 saturated heterocycles. The molecule has 2 aromatic carbocycles. The second-order valence-electron chi connectivity index (χ2n) is 10.1. The van der Waals surface area contributed by atoms with Crippen molar-refractivity contribution in [2.75, 3.05) is 19.6 Å². The van der Waals surface area contributed by atoms with Crippen LogP contribution in [0.3, 0.4) is 0 Å². The van der Waals surface area contributed by atoms with Gasteiger partial charge in [-0.2, -0.15) is 0 Å². The summed E-state index contributed by atoms with van der Waals surface area (Å²) in [5, 5.41) is 14.2. The summed E-state index contributed by atoms with van der Waals surface area (Å²) in [4.78, 5) is 13.6. The zero-order valence-corrected chi connectivity index (χ0v) is 19.7. The molecule has 0 bridgehead atoms. The molecule has 1 heterocycles. The number of urea groups is 1. The lowest BCUT2D eigenvalue weighted by molar-refractivity contribution is 0.106. The van der Waals surface area contributed by atoms with E-state index >= 15 is 0 Å². The first-order valence-electron chi connectivity index (χ1n) is 11.5. The smallest absolute Gasteiger partial charge is 0.314 e. The zero-order valence-electron chi connectivity index (χ0n) is 19.7. The molecule has 2 aromatic rings. The van der Waals surface area contributed by atoms with Crippen LogP contribution < -0.4 is 11.1 Å². The number of nitrogens with one attached hydrogen (secondary N) is 1. The molecule has 0 radical (unpaired) electrons. The molecule has 2 atom stereocenters. The minimum absolute atomic E-state index is 0.0328. The van der Waals surface area contributed by atoms with Crippen molar-refractivity contribution < 1.29 is 18.7 Å². The molecule has 0 aliphatic carbocycles. The summed E-state index contributed by atoms with van der Waals surface area (Å²) in [5.41, 5.74) is 7.79. The molecule has 1 aliphatic heterocycles. The SMILES string of the molecule is CC(C)(C)c1cccc(C2(NCC(O)CCc3cc(F)cc(F)c3)CCCN(C(N)=O)C2)c1. The number of primary amides is 1. The number of halogens is 2. The van der Waals surface area contributed by atoms with E-state index in [-0.39, 0.29) is 12.0 Å². The Labute approximate surface area is 195 Å². The van der Waals surface area contributed by atoms with E-state index in [9.17, 15) is 18.7 Å². The average Bonchev–Trinajstić information content (AvgIpc) is 2.75. The van der Waals surface area contributed by atoms with Gasteiger partial charge in [-0.05, 0) is 59.9 Å². The summed E-state index contributed by atoms with van der Waals surface area (Å²) in [6.07, 6.45) is 1.58. The number of aliphatic hydroxyl groups is 1. The highest BCUT2D eigenvalue weighted by Gasteiger charge is 2.38. The first kappa shape index (κ1) is 25.1. The lowest BCUT2D eigenvalue weighted by Crippen LogP contribution is -2.58. The molecule has 2 amide bonds. The Morgan fingerprint density at radius 3 is 2.55 bits per heavy atom. The van der Waals surface area contributed by atoms with Gasteiger partial charge in [0.1, 0.15) is 11.6 Å². The third-order valence-corrected chi connectivity index (χ3v) is 6.45. The summed E-state index contributed by atoms with van der Waals surface area (Å²) >= 11 is 0. The predicted octanol–water partition coefficient (Wildman–Crippen LogP) is 4.22. The number of rotatable bonds is 7. The Hall–Kier alpha value is -2.51. The fraction of sp³-hybridized carbons (Fsp3) is 0.500. The van der Waals surface area contributed by atoms with Crippen LogP contribution in [-0.2, 0) is 17.4 Å². The van der Waals surface area contributed by atoms with Crippen LogP contribution in [0.15, 0.2) is 42.5 Å². The van der Waals surface area contributed by atoms with Crippen LogP contribution in [0.5, 0.6) is 0 Å². The fourth-order valence-corrected chi connectivity index (χ4v) is 4.51. The van der Waals surface area contributed by atoms with Crippen LogP contribution in [0.2, 0.25) is 0 Å². The first-order chi connectivity index (χ1) is 15.5. The van der Waals surface area contributed by atoms with Crippen molar-refractivity contribution in [3.8, 4) is 0 Å². The van der Waals surface area contributed by atoms with Gasteiger partial charge >= 0.3 is 6.03 Å². The van der Waals surface area contributed by atoms with E-state index in [2.05, 4.69) is 44.3 Å². The Bertz CT molecular complexity index is 956. The zero-order chi connectivity index (χ0) is 24.2. The molecule has 0 spiro atoms. The lowest BCUT2D eigenvalue weighted by atomic mass is 9.78. The molecule has 7 heteroatoms. The largest absolute Gasteiger partial charge is 0.392 e. The normalized spacial score (nSPS) is 20.0. The van der Waals surface area contributed by atoms with E-state index in [1.165, 1.54) is 17.7 Å². The van der Waals surface area contributed by atoms with E-state index in [0.717, 1.165) is 24.5 Å². The van der Waals surface area contributed by atoms with Gasteiger partial charge in [-0.25, -0.2) is 13.6 Å². The molecule has 5 nitrogen and oxygen atoms in total. The molecule has 33 heavy (non-hydrogen) atoms. The van der Waals surface area contributed by atoms with Gasteiger partial charge in [0.2, 0.25) is 0 Å². The van der Waals surface area contributed by atoms with Crippen molar-refractivity contribution in [2.24, 2.45) is 5.73 Å². The number of likely N-dealkylation sites (tertiary alicyclic amines) is 1. The highest BCUT2D eigenvalue weighted by molar-refractivity contribution is 5.72. The lowest BCUT2D eigenvalue weighted by Gasteiger charge is -2.44. The molecular formula is C26H35F2N3O2. The highest BCUT2D eigenvalue weighted by Crippen LogP contribution is 2.34. The van der Waals surface area contributed by atoms with Crippen molar-refractivity contribution in [1.29, 1.82) is 0 Å². The Balaban J connectivity index is 1.77. The van der Waals surface area contributed by atoms with Gasteiger partial charge in [0.15, 0.2) is 0 Å². The van der Waals surface area contributed by atoms with Crippen LogP contribution in [0.1, 0.15) is 56.7 Å². The maximum absolute atomic E-state index is 13.4. The van der Waals surface area contributed by atoms with E-state index in [4.69, 9.17) is 5.73 Å². The van der Waals surface area contributed by atoms with Gasteiger partial charge in [0, 0.05) is 25.7 Å². The average molecular weight is 460 g/mol. The maximum Gasteiger partial charge on any atom is 0.314 e. The Morgan fingerprint density at radius 2 is 1.91 bits per heavy atom. The highest BCUT2D eigenvalue weighted by atomic mass is 19.1. The van der Waals surface area contributed by atoms with E-state index in [1.54, 1.807) is 4.90 Å². The predicted molar refractivity (Wildman–Crippen MR) is 126 cm³/mol. The van der Waals surface area contributed by atoms with Crippen molar-refractivity contribution in [3.63, 3.8) is 0 Å². The molecule has 1 fully saturated rings. The van der Waals surface area contributed by atoms with Gasteiger partial charge in [0.25, 0.3) is 0 Å². The molecule has 0 aromatic heterocycles. The Morgan fingerprint density at radius 1 is 1.21 bits per heavy atom. The second-order valence-corrected chi connectivity index (χ2v) is 10.1. The van der Waals surface area contributed by atoms with Crippen LogP contribution in [-0.4, -0.2) is 41.8 Å². The number of nitrogens with two attached hydrogens (primary N) is 1. The van der Waals surface area contributed by atoms with Crippen molar-refractivity contribution in [3.05, 3.63) is 70.8 Å². The van der Waals surface area contributed by atoms with E-state index < -0.39 is 29.3 Å². The number of hydrogen-bond acceptors (Lipinski definition) is 3. The fourth-order valence-electron chi connectivity index (χ4n) is 4.51. The topological polar surface area (TPSA) is 78.6 Å². The standard InChI is InChI=1S/C26H35F2N3O2/c1-25(2,3)19-6-4-7-20(14-19)26(10-5-11-31(17-26)24(29)33)30-16-23(32)9-8-18-12-21(27)15-22(28)13-18/h4,6-7,12-15,23,30,32H,5,8-11,16-17H2,1-3H3,(H2,29,33). The summed E-state index contributed by atoms with van der Waals surface area (Å²) in [6, 6.07) is 11.3. The molecule has 1 aliphatic rings. The summed E-state index contributed by atoms with van der Waals surface area (Å²) in [6.45, 7) is 7.76. The molecule has 3 rings (SSSR count). The van der Waals surface area contributed by atoms with Crippen LogP contribution in [0.4, 0.5) is 13.6 Å². The van der Waals surface area contributed by atoms with Gasteiger partial charge in [-0.3, -0.25) is 0 Å². The van der Waals surface area contributed by atoms with Gasteiger partial charge in [-0.1, -0.05) is 45.0 Å². The molecule has 4 N–H and O–H groups in total. The second kappa shape index (κ2) is 10.2. The van der Waals surface area contributed by atoms with E-state index in [1.807, 2.05) is 6.07 Å². The number of aryl methyl sites for hydroxylation is 1. The minimum Gasteiger partial charge on any atom is -0.392 e. The third-order valence-electron chi connectivity index (χ3n) is 6.45. The molecule has 2 unspecified atom stereocenters. The number of carbonyl (C=O) groups excluding carboxylic acids is 1. The summed E-state index contributed by atoms with van der Waals surface area (Å²) in [7, 11) is 0. The Kier molecular flexibility index (Phi) is 7.75. The van der Waals surface area contributed by atoms with Crippen LogP contribution >= 0.6 is 0 Å². The number of benzene rings is 2. The van der Waals surface area contributed by atoms with Gasteiger partial charge in [-0.15, -0.1) is 0 Å². The number of hydrogen-bond donors (Lipinski definition) is 3. The number of piperidine rings is 1. The number of carbonyl (C=O) groups is 1. The summed E-state index contributed by atoms with van der Waals surface area (Å²) < 4.78 is 26.9. The summed E-state index contributed by atoms with van der Waals surface area (Å²) in [5.74, 6) is -1.24. The van der Waals surface area contributed by atoms with Crippen molar-refractivity contribution in [2.45, 2.75) is 63.5 Å². The number of amides is 2. The van der Waals surface area contributed by atoms with Gasteiger partial charge < -0.3 is 21.1 Å². The van der Waals surface area contributed by atoms with Crippen molar-refractivity contribution in [1.82, 2.24) is 10.2 Å². The van der Waals surface area contributed by atoms with Crippen LogP contribution in [0.25, 0.3) is 0 Å². The monoisotopic (exact) mass is 459 g/mol. The third kappa shape index (κ3) is 6.51. The molecule has 180 valence electrons. The minimum atomic E-state index is -0.719. The van der Waals surface area contributed by atoms with Crippen molar-refractivity contribution >= 4 is 6.03 Å². The first-order valence-corrected chi connectivity index (χ1v) is 11.5. The quantitative estimate of drug-likeness (QED) is 0.580. The van der Waals surface area contributed by atoms with E-state index in [0.29, 0.717) is 31.5 Å². The number of aliphatic hydroxyl groups excluding tert-OH is 1.